The van der Waals surface area contributed by atoms with Gasteiger partial charge in [-0.25, -0.2) is 9.59 Å². The first-order chi connectivity index (χ1) is 17.6. The molecule has 1 amide bonds. The number of aryl methyl sites for hydroxylation is 1. The van der Waals surface area contributed by atoms with Gasteiger partial charge in [-0.05, 0) is 103 Å². The van der Waals surface area contributed by atoms with Crippen LogP contribution in [0.15, 0.2) is 18.2 Å². The zero-order valence-corrected chi connectivity index (χ0v) is 23.0. The lowest BCUT2D eigenvalue weighted by molar-refractivity contribution is -0.134. The Morgan fingerprint density at radius 3 is 2.51 bits per heavy atom. The molecule has 204 valence electrons. The molecule has 37 heavy (non-hydrogen) atoms. The van der Waals surface area contributed by atoms with Crippen LogP contribution < -0.4 is 4.74 Å². The zero-order valence-electron chi connectivity index (χ0n) is 23.0. The van der Waals surface area contributed by atoms with E-state index in [0.29, 0.717) is 42.8 Å². The van der Waals surface area contributed by atoms with Crippen molar-refractivity contribution in [3.63, 3.8) is 0 Å². The van der Waals surface area contributed by atoms with Crippen LogP contribution in [0.2, 0.25) is 0 Å². The molecule has 4 atom stereocenters. The number of ether oxygens (including phenoxy) is 3. The van der Waals surface area contributed by atoms with Crippen LogP contribution in [0.4, 0.5) is 4.79 Å². The van der Waals surface area contributed by atoms with Gasteiger partial charge in [0.05, 0.1) is 7.11 Å². The third-order valence-corrected chi connectivity index (χ3v) is 8.01. The predicted molar refractivity (Wildman–Crippen MR) is 140 cm³/mol. The first kappa shape index (κ1) is 27.4. The van der Waals surface area contributed by atoms with Gasteiger partial charge in [0.2, 0.25) is 0 Å². The van der Waals surface area contributed by atoms with Gasteiger partial charge < -0.3 is 19.1 Å². The molecule has 0 aromatic heterocycles. The van der Waals surface area contributed by atoms with Gasteiger partial charge in [-0.2, -0.15) is 0 Å². The fraction of sp³-hybridized carbons (Fsp3) is 0.690. The summed E-state index contributed by atoms with van der Waals surface area (Å²) >= 11 is 0. The summed E-state index contributed by atoms with van der Waals surface area (Å²) in [7, 11) is 1.31. The van der Waals surface area contributed by atoms with Gasteiger partial charge >= 0.3 is 18.0 Å². The van der Waals surface area contributed by atoms with Crippen molar-refractivity contribution in [2.24, 2.45) is 11.8 Å². The van der Waals surface area contributed by atoms with Crippen molar-refractivity contribution in [2.75, 3.05) is 26.7 Å². The number of benzene rings is 1. The quantitative estimate of drug-likeness (QED) is 0.391. The number of para-hydroxylation sites is 1. The number of carbonyl (C=O) groups is 3. The van der Waals surface area contributed by atoms with Gasteiger partial charge in [0.15, 0.2) is 0 Å². The van der Waals surface area contributed by atoms with Crippen molar-refractivity contribution in [2.45, 2.75) is 90.3 Å². The summed E-state index contributed by atoms with van der Waals surface area (Å²) in [6.45, 7) is 10.5. The Hall–Kier alpha value is -2.61. The number of esters is 2. The van der Waals surface area contributed by atoms with Crippen molar-refractivity contribution in [3.05, 3.63) is 29.3 Å². The molecule has 1 aromatic rings. The van der Waals surface area contributed by atoms with E-state index in [2.05, 4.69) is 4.90 Å². The van der Waals surface area contributed by atoms with E-state index in [1.54, 1.807) is 25.1 Å². The minimum Gasteiger partial charge on any atom is -0.465 e. The average Bonchev–Trinajstić information content (AvgIpc) is 2.85. The van der Waals surface area contributed by atoms with Gasteiger partial charge in [0.25, 0.3) is 0 Å². The maximum Gasteiger partial charge on any atom is 0.410 e. The standard InChI is InChI=1S/C29H42N2O6/c1-19-10-6-12-22(27(33)35-5)26(19)36-24(32)15-7-14-23-21-13-9-17-30-16-8-11-20(25(21)30)18-31(23)28(34)37-29(2,3)4/h6,10,12,20-21,23,25H,7-9,11,13-18H2,1-5H3. The van der Waals surface area contributed by atoms with Gasteiger partial charge in [0, 0.05) is 25.0 Å². The zero-order chi connectivity index (χ0) is 26.7. The molecule has 3 aliphatic rings. The molecule has 3 aliphatic heterocycles. The second-order valence-electron chi connectivity index (χ2n) is 11.7. The fourth-order valence-corrected chi connectivity index (χ4v) is 6.57. The molecule has 0 radical (unpaired) electrons. The number of carbonyl (C=O) groups excluding carboxylic acids is 3. The molecular weight excluding hydrogens is 472 g/mol. The van der Waals surface area contributed by atoms with E-state index in [-0.39, 0.29) is 35.8 Å². The smallest absolute Gasteiger partial charge is 0.410 e. The minimum absolute atomic E-state index is 0.0360. The number of piperidine rings is 3. The van der Waals surface area contributed by atoms with Gasteiger partial charge in [-0.1, -0.05) is 12.1 Å². The molecule has 0 N–H and O–H groups in total. The third-order valence-electron chi connectivity index (χ3n) is 8.01. The second kappa shape index (κ2) is 11.4. The van der Waals surface area contributed by atoms with Crippen LogP contribution in [0.3, 0.4) is 0 Å². The molecule has 0 saturated carbocycles. The number of hydrogen-bond acceptors (Lipinski definition) is 7. The molecule has 0 aliphatic carbocycles. The van der Waals surface area contributed by atoms with Crippen molar-refractivity contribution in [1.29, 1.82) is 0 Å². The molecule has 3 saturated heterocycles. The van der Waals surface area contributed by atoms with E-state index in [0.717, 1.165) is 32.4 Å². The van der Waals surface area contributed by atoms with E-state index in [1.165, 1.54) is 13.5 Å². The maximum atomic E-state index is 13.3. The molecule has 3 heterocycles. The number of hydrogen-bond donors (Lipinski definition) is 0. The molecule has 4 unspecified atom stereocenters. The molecule has 1 aromatic carbocycles. The van der Waals surface area contributed by atoms with Crippen molar-refractivity contribution in [1.82, 2.24) is 9.80 Å². The van der Waals surface area contributed by atoms with Crippen LogP contribution in [0, 0.1) is 18.8 Å². The van der Waals surface area contributed by atoms with Crippen LogP contribution in [0.5, 0.6) is 5.75 Å². The van der Waals surface area contributed by atoms with Gasteiger partial charge in [-0.3, -0.25) is 9.69 Å². The largest absolute Gasteiger partial charge is 0.465 e. The Morgan fingerprint density at radius 1 is 1.08 bits per heavy atom. The van der Waals surface area contributed by atoms with E-state index >= 15 is 0 Å². The van der Waals surface area contributed by atoms with E-state index in [9.17, 15) is 14.4 Å². The Morgan fingerprint density at radius 2 is 1.81 bits per heavy atom. The molecule has 0 bridgehead atoms. The van der Waals surface area contributed by atoms with Crippen LogP contribution >= 0.6 is 0 Å². The number of methoxy groups -OCH3 is 1. The molecule has 8 heteroatoms. The minimum atomic E-state index is -0.557. The fourth-order valence-electron chi connectivity index (χ4n) is 6.57. The highest BCUT2D eigenvalue weighted by molar-refractivity contribution is 5.94. The topological polar surface area (TPSA) is 85.4 Å². The summed E-state index contributed by atoms with van der Waals surface area (Å²) in [6, 6.07) is 5.67. The third kappa shape index (κ3) is 6.28. The van der Waals surface area contributed by atoms with Crippen molar-refractivity contribution in [3.8, 4) is 5.75 Å². The van der Waals surface area contributed by atoms with Gasteiger partial charge in [-0.15, -0.1) is 0 Å². The highest BCUT2D eigenvalue weighted by Crippen LogP contribution is 2.43. The predicted octanol–water partition coefficient (Wildman–Crippen LogP) is 4.97. The Balaban J connectivity index is 1.45. The van der Waals surface area contributed by atoms with Crippen LogP contribution in [-0.2, 0) is 14.3 Å². The SMILES string of the molecule is COC(=O)c1cccc(C)c1OC(=O)CCCC1C2CCCN3CCCC(CN1C(=O)OC(C)(C)C)C23. The van der Waals surface area contributed by atoms with Crippen molar-refractivity contribution >= 4 is 18.0 Å². The van der Waals surface area contributed by atoms with Crippen LogP contribution in [0.25, 0.3) is 0 Å². The lowest BCUT2D eigenvalue weighted by atomic mass is 9.69. The summed E-state index contributed by atoms with van der Waals surface area (Å²) in [5.41, 5.74) is 0.383. The summed E-state index contributed by atoms with van der Waals surface area (Å²) in [5.74, 6) is 0.190. The molecule has 3 fully saturated rings. The lowest BCUT2D eigenvalue weighted by Gasteiger charge is -2.57. The van der Waals surface area contributed by atoms with E-state index in [1.807, 2.05) is 25.7 Å². The van der Waals surface area contributed by atoms with E-state index < -0.39 is 11.6 Å². The maximum absolute atomic E-state index is 13.3. The average molecular weight is 515 g/mol. The Labute approximate surface area is 220 Å². The molecule has 0 spiro atoms. The monoisotopic (exact) mass is 514 g/mol. The normalized spacial score (nSPS) is 25.7. The Bertz CT molecular complexity index is 1000. The van der Waals surface area contributed by atoms with Gasteiger partial charge in [0.1, 0.15) is 16.9 Å². The van der Waals surface area contributed by atoms with E-state index in [4.69, 9.17) is 14.2 Å². The summed E-state index contributed by atoms with van der Waals surface area (Å²) in [6.07, 6.45) is 5.83. The number of nitrogens with zero attached hydrogens (tertiary/aromatic N) is 2. The molecule has 4 rings (SSSR count). The van der Waals surface area contributed by atoms with Crippen LogP contribution in [-0.4, -0.2) is 72.3 Å². The first-order valence-corrected chi connectivity index (χ1v) is 13.7. The highest BCUT2D eigenvalue weighted by atomic mass is 16.6. The molecular formula is C29H42N2O6. The summed E-state index contributed by atoms with van der Waals surface area (Å²) in [4.78, 5) is 42.9. The lowest BCUT2D eigenvalue weighted by Crippen LogP contribution is -2.65. The number of likely N-dealkylation sites (tertiary alicyclic amines) is 1. The second-order valence-corrected chi connectivity index (χ2v) is 11.7. The number of amides is 1. The number of rotatable bonds is 6. The Kier molecular flexibility index (Phi) is 8.46. The molecule has 8 nitrogen and oxygen atoms in total. The van der Waals surface area contributed by atoms with Crippen LogP contribution in [0.1, 0.15) is 81.6 Å². The van der Waals surface area contributed by atoms with Crippen molar-refractivity contribution < 1.29 is 28.6 Å². The first-order valence-electron chi connectivity index (χ1n) is 13.7. The summed E-state index contributed by atoms with van der Waals surface area (Å²) < 4.78 is 16.3. The summed E-state index contributed by atoms with van der Waals surface area (Å²) in [5, 5.41) is 0. The highest BCUT2D eigenvalue weighted by Gasteiger charge is 2.50.